The van der Waals surface area contributed by atoms with E-state index in [4.69, 9.17) is 8.94 Å². The topological polar surface area (TPSA) is 59.5 Å². The molecule has 0 aliphatic heterocycles. The van der Waals surface area contributed by atoms with Gasteiger partial charge in [0.25, 0.3) is 5.91 Å². The first-order chi connectivity index (χ1) is 8.06. The standard InChI is InChI=1S/C12H14N2O3/c1-8-4-5-10(16-8)7-14(3)12(15)11-6-9(2)17-13-11/h4-6H,7H2,1-3H3. The smallest absolute Gasteiger partial charge is 0.276 e. The number of amides is 1. The summed E-state index contributed by atoms with van der Waals surface area (Å²) in [5.41, 5.74) is 0.313. The summed E-state index contributed by atoms with van der Waals surface area (Å²) in [5, 5.41) is 3.69. The summed E-state index contributed by atoms with van der Waals surface area (Å²) in [5.74, 6) is 2.02. The summed E-state index contributed by atoms with van der Waals surface area (Å²) >= 11 is 0. The first kappa shape index (κ1) is 11.4. The molecule has 0 atom stereocenters. The highest BCUT2D eigenvalue weighted by Gasteiger charge is 2.17. The van der Waals surface area contributed by atoms with Crippen LogP contribution < -0.4 is 0 Å². The van der Waals surface area contributed by atoms with Crippen molar-refractivity contribution >= 4 is 5.91 Å². The van der Waals surface area contributed by atoms with Crippen molar-refractivity contribution in [1.82, 2.24) is 10.1 Å². The summed E-state index contributed by atoms with van der Waals surface area (Å²) in [6.07, 6.45) is 0. The molecule has 0 unspecified atom stereocenters. The van der Waals surface area contributed by atoms with Crippen molar-refractivity contribution in [3.05, 3.63) is 41.2 Å². The number of aryl methyl sites for hydroxylation is 2. The number of nitrogens with zero attached hydrogens (tertiary/aromatic N) is 2. The Morgan fingerprint density at radius 3 is 2.65 bits per heavy atom. The van der Waals surface area contributed by atoms with Crippen LogP contribution in [0, 0.1) is 13.8 Å². The van der Waals surface area contributed by atoms with Crippen LogP contribution in [0.2, 0.25) is 0 Å². The fourth-order valence-electron chi connectivity index (χ4n) is 1.54. The number of furan rings is 1. The molecule has 0 bridgehead atoms. The highest BCUT2D eigenvalue weighted by molar-refractivity contribution is 5.91. The molecule has 0 aliphatic rings. The fraction of sp³-hybridized carbons (Fsp3) is 0.333. The quantitative estimate of drug-likeness (QED) is 0.816. The maximum atomic E-state index is 11.9. The van der Waals surface area contributed by atoms with Gasteiger partial charge >= 0.3 is 0 Å². The zero-order valence-corrected chi connectivity index (χ0v) is 10.1. The maximum absolute atomic E-state index is 11.9. The molecule has 0 aromatic carbocycles. The molecule has 5 nitrogen and oxygen atoms in total. The Bertz CT molecular complexity index is 527. The molecule has 2 rings (SSSR count). The van der Waals surface area contributed by atoms with Gasteiger partial charge in [-0.25, -0.2) is 0 Å². The van der Waals surface area contributed by atoms with E-state index in [0.717, 1.165) is 11.5 Å². The van der Waals surface area contributed by atoms with Crippen molar-refractivity contribution < 1.29 is 13.7 Å². The predicted molar refractivity (Wildman–Crippen MR) is 60.5 cm³/mol. The van der Waals surface area contributed by atoms with Crippen LogP contribution in [0.5, 0.6) is 0 Å². The van der Waals surface area contributed by atoms with Crippen molar-refractivity contribution in [3.63, 3.8) is 0 Å². The largest absolute Gasteiger partial charge is 0.464 e. The summed E-state index contributed by atoms with van der Waals surface area (Å²) in [7, 11) is 1.70. The average molecular weight is 234 g/mol. The number of carbonyl (C=O) groups excluding carboxylic acids is 1. The summed E-state index contributed by atoms with van der Waals surface area (Å²) in [6.45, 7) is 4.03. The third kappa shape index (κ3) is 2.55. The first-order valence-electron chi connectivity index (χ1n) is 5.30. The Balaban J connectivity index is 2.05. The lowest BCUT2D eigenvalue weighted by Gasteiger charge is -2.13. The van der Waals surface area contributed by atoms with Gasteiger partial charge in [0.2, 0.25) is 0 Å². The molecule has 2 aromatic heterocycles. The van der Waals surface area contributed by atoms with E-state index in [1.54, 1.807) is 20.0 Å². The minimum Gasteiger partial charge on any atom is -0.464 e. The molecule has 0 N–H and O–H groups in total. The Labute approximate surface area is 99.0 Å². The number of hydrogen-bond acceptors (Lipinski definition) is 4. The van der Waals surface area contributed by atoms with Crippen molar-refractivity contribution in [1.29, 1.82) is 0 Å². The Morgan fingerprint density at radius 1 is 1.35 bits per heavy atom. The molecule has 17 heavy (non-hydrogen) atoms. The van der Waals surface area contributed by atoms with Crippen LogP contribution in [0.1, 0.15) is 27.8 Å². The van der Waals surface area contributed by atoms with E-state index in [0.29, 0.717) is 18.0 Å². The van der Waals surface area contributed by atoms with Crippen molar-refractivity contribution in [2.45, 2.75) is 20.4 Å². The molecular weight excluding hydrogens is 220 g/mol. The van der Waals surface area contributed by atoms with Gasteiger partial charge in [0.1, 0.15) is 17.3 Å². The predicted octanol–water partition coefficient (Wildman–Crippen LogP) is 2.16. The van der Waals surface area contributed by atoms with Crippen molar-refractivity contribution in [2.75, 3.05) is 7.05 Å². The SMILES string of the molecule is Cc1cc(C(=O)N(C)Cc2ccc(C)o2)no1. The lowest BCUT2D eigenvalue weighted by atomic mass is 10.3. The molecule has 5 heteroatoms. The van der Waals surface area contributed by atoms with Gasteiger partial charge in [-0.1, -0.05) is 5.16 Å². The summed E-state index contributed by atoms with van der Waals surface area (Å²) in [4.78, 5) is 13.5. The van der Waals surface area contributed by atoms with Gasteiger partial charge in [0, 0.05) is 13.1 Å². The van der Waals surface area contributed by atoms with E-state index in [1.165, 1.54) is 4.90 Å². The molecule has 0 aliphatic carbocycles. The second-order valence-corrected chi connectivity index (χ2v) is 4.00. The number of carbonyl (C=O) groups is 1. The van der Waals surface area contributed by atoms with E-state index in [1.807, 2.05) is 19.1 Å². The normalized spacial score (nSPS) is 10.5. The van der Waals surface area contributed by atoms with Gasteiger partial charge in [-0.15, -0.1) is 0 Å². The highest BCUT2D eigenvalue weighted by Crippen LogP contribution is 2.11. The van der Waals surface area contributed by atoms with Gasteiger partial charge in [-0.2, -0.15) is 0 Å². The van der Waals surface area contributed by atoms with Crippen LogP contribution in [0.25, 0.3) is 0 Å². The molecule has 1 amide bonds. The minimum absolute atomic E-state index is 0.184. The van der Waals surface area contributed by atoms with Gasteiger partial charge in [0.05, 0.1) is 6.54 Å². The molecule has 0 saturated heterocycles. The molecule has 90 valence electrons. The van der Waals surface area contributed by atoms with E-state index < -0.39 is 0 Å². The number of aromatic nitrogens is 1. The van der Waals surface area contributed by atoms with E-state index >= 15 is 0 Å². The summed E-state index contributed by atoms with van der Waals surface area (Å²) < 4.78 is 10.3. The van der Waals surface area contributed by atoms with Gasteiger partial charge < -0.3 is 13.8 Å². The molecular formula is C12H14N2O3. The van der Waals surface area contributed by atoms with E-state index in [2.05, 4.69) is 5.16 Å². The van der Waals surface area contributed by atoms with Crippen LogP contribution in [-0.2, 0) is 6.54 Å². The second kappa shape index (κ2) is 4.45. The lowest BCUT2D eigenvalue weighted by molar-refractivity contribution is 0.0764. The van der Waals surface area contributed by atoms with Crippen molar-refractivity contribution in [3.8, 4) is 0 Å². The molecule has 0 radical (unpaired) electrons. The fourth-order valence-corrected chi connectivity index (χ4v) is 1.54. The van der Waals surface area contributed by atoms with Gasteiger partial charge in [0.15, 0.2) is 5.69 Å². The zero-order chi connectivity index (χ0) is 12.4. The molecule has 0 fully saturated rings. The number of rotatable bonds is 3. The van der Waals surface area contributed by atoms with E-state index in [-0.39, 0.29) is 5.91 Å². The monoisotopic (exact) mass is 234 g/mol. The van der Waals surface area contributed by atoms with Crippen LogP contribution in [0.3, 0.4) is 0 Å². The zero-order valence-electron chi connectivity index (χ0n) is 10.1. The Kier molecular flexibility index (Phi) is 2.99. The Morgan fingerprint density at radius 2 is 2.12 bits per heavy atom. The Hall–Kier alpha value is -2.04. The number of hydrogen-bond donors (Lipinski definition) is 0. The molecule has 0 spiro atoms. The molecule has 0 saturated carbocycles. The molecule has 2 aromatic rings. The highest BCUT2D eigenvalue weighted by atomic mass is 16.5. The summed E-state index contributed by atoms with van der Waals surface area (Å²) in [6, 6.07) is 5.34. The van der Waals surface area contributed by atoms with Gasteiger partial charge in [-0.05, 0) is 26.0 Å². The lowest BCUT2D eigenvalue weighted by Crippen LogP contribution is -2.26. The first-order valence-corrected chi connectivity index (χ1v) is 5.30. The van der Waals surface area contributed by atoms with E-state index in [9.17, 15) is 4.79 Å². The second-order valence-electron chi connectivity index (χ2n) is 4.00. The van der Waals surface area contributed by atoms with Crippen molar-refractivity contribution in [2.24, 2.45) is 0 Å². The van der Waals surface area contributed by atoms with Crippen LogP contribution >= 0.6 is 0 Å². The molecule has 2 heterocycles. The van der Waals surface area contributed by atoms with Crippen LogP contribution in [0.4, 0.5) is 0 Å². The van der Waals surface area contributed by atoms with Crippen LogP contribution in [0.15, 0.2) is 27.1 Å². The third-order valence-electron chi connectivity index (χ3n) is 2.38. The maximum Gasteiger partial charge on any atom is 0.276 e. The average Bonchev–Trinajstić information content (AvgIpc) is 2.87. The van der Waals surface area contributed by atoms with Gasteiger partial charge in [-0.3, -0.25) is 4.79 Å². The third-order valence-corrected chi connectivity index (χ3v) is 2.38. The minimum atomic E-state index is -0.184. The van der Waals surface area contributed by atoms with Crippen LogP contribution in [-0.4, -0.2) is 23.0 Å².